The van der Waals surface area contributed by atoms with E-state index >= 15 is 0 Å². The number of carbonyl (C=O) groups excluding carboxylic acids is 1. The van der Waals surface area contributed by atoms with Gasteiger partial charge < -0.3 is 11.1 Å². The van der Waals surface area contributed by atoms with E-state index in [4.69, 9.17) is 5.73 Å². The van der Waals surface area contributed by atoms with Crippen LogP contribution in [0.1, 0.15) is 11.1 Å². The molecular formula is C14H13CsN2O. The van der Waals surface area contributed by atoms with Gasteiger partial charge in [0.1, 0.15) is 0 Å². The van der Waals surface area contributed by atoms with Gasteiger partial charge in [-0.2, -0.15) is 0 Å². The molecule has 0 saturated heterocycles. The van der Waals surface area contributed by atoms with E-state index < -0.39 is 6.03 Å². The number of benzene rings is 2. The van der Waals surface area contributed by atoms with Gasteiger partial charge in [-0.15, -0.1) is 0 Å². The molecule has 3 nitrogen and oxygen atoms in total. The topological polar surface area (TPSA) is 52.9 Å². The van der Waals surface area contributed by atoms with Crippen molar-refractivity contribution in [1.29, 1.82) is 0 Å². The Hall–Kier alpha value is -0.238. The molecule has 0 aromatic heterocycles. The van der Waals surface area contributed by atoms with Crippen LogP contribution in [0.3, 0.4) is 0 Å². The molecule has 0 saturated carbocycles. The maximum Gasteiger partial charge on any atom is 1.00 e. The first kappa shape index (κ1) is 15.8. The van der Waals surface area contributed by atoms with Gasteiger partial charge in [0, 0.05) is 0 Å². The van der Waals surface area contributed by atoms with Crippen LogP contribution >= 0.6 is 0 Å². The Morgan fingerprint density at radius 3 is 2.28 bits per heavy atom. The van der Waals surface area contributed by atoms with Gasteiger partial charge in [-0.3, -0.25) is 4.79 Å². The minimum absolute atomic E-state index is 0. The third kappa shape index (κ3) is 4.80. The maximum absolute atomic E-state index is 10.8. The summed E-state index contributed by atoms with van der Waals surface area (Å²) in [6, 6.07) is 16.8. The van der Waals surface area contributed by atoms with Crippen LogP contribution in [0.5, 0.6) is 0 Å². The monoisotopic (exact) mass is 358 g/mol. The predicted octanol–water partition coefficient (Wildman–Crippen LogP) is 0.865. The molecule has 0 bridgehead atoms. The number of hydrogen-bond donors (Lipinski definition) is 1. The van der Waals surface area contributed by atoms with Crippen LogP contribution in [0.4, 0.5) is 10.5 Å². The summed E-state index contributed by atoms with van der Waals surface area (Å²) < 4.78 is 0. The molecule has 2 amide bonds. The molecule has 86 valence electrons. The van der Waals surface area contributed by atoms with E-state index in [0.29, 0.717) is 5.69 Å². The first-order valence-electron chi connectivity index (χ1n) is 5.40. The molecule has 0 spiro atoms. The number of amides is 2. The molecular weight excluding hydrogens is 345 g/mol. The van der Waals surface area contributed by atoms with Crippen molar-refractivity contribution in [1.82, 2.24) is 0 Å². The molecule has 0 unspecified atom stereocenters. The summed E-state index contributed by atoms with van der Waals surface area (Å²) in [5.74, 6) is 0. The Bertz CT molecular complexity index is 514. The summed E-state index contributed by atoms with van der Waals surface area (Å²) >= 11 is 0. The summed E-state index contributed by atoms with van der Waals surface area (Å²) in [5.41, 5.74) is 9.84. The molecule has 0 aliphatic heterocycles. The van der Waals surface area contributed by atoms with Crippen molar-refractivity contribution in [3.8, 4) is 0 Å². The number of para-hydroxylation sites is 1. The van der Waals surface area contributed by atoms with Crippen LogP contribution in [0.2, 0.25) is 0 Å². The second-order valence-electron chi connectivity index (χ2n) is 3.77. The van der Waals surface area contributed by atoms with Crippen molar-refractivity contribution >= 4 is 11.7 Å². The molecule has 0 aliphatic carbocycles. The zero-order valence-corrected chi connectivity index (χ0v) is 16.6. The summed E-state index contributed by atoms with van der Waals surface area (Å²) in [6.07, 6.45) is 0.747. The van der Waals surface area contributed by atoms with Gasteiger partial charge in [0.05, 0.1) is 0 Å². The van der Waals surface area contributed by atoms with Crippen LogP contribution in [0.25, 0.3) is 5.73 Å². The smallest absolute Gasteiger partial charge is 0.447 e. The van der Waals surface area contributed by atoms with E-state index in [1.54, 1.807) is 0 Å². The van der Waals surface area contributed by atoms with Crippen molar-refractivity contribution < 1.29 is 73.7 Å². The van der Waals surface area contributed by atoms with Crippen LogP contribution in [0, 0.1) is 0 Å². The largest absolute Gasteiger partial charge is 1.00 e. The molecule has 0 radical (unpaired) electrons. The van der Waals surface area contributed by atoms with Gasteiger partial charge in [-0.05, 0) is 23.2 Å². The number of hydrogen-bond acceptors (Lipinski definition) is 1. The fraction of sp³-hybridized carbons (Fsp3) is 0.0714. The first-order chi connectivity index (χ1) is 8.25. The van der Waals surface area contributed by atoms with Crippen LogP contribution in [0.15, 0.2) is 54.6 Å². The zero-order chi connectivity index (χ0) is 12.1. The summed E-state index contributed by atoms with van der Waals surface area (Å²) in [7, 11) is 0. The van der Waals surface area contributed by atoms with Crippen molar-refractivity contribution in [2.75, 3.05) is 5.32 Å². The summed E-state index contributed by atoms with van der Waals surface area (Å²) in [5, 5.41) is 2.52. The maximum atomic E-state index is 10.8. The molecule has 2 N–H and O–H groups in total. The number of carbonyl (C=O) groups is 1. The second-order valence-corrected chi connectivity index (χ2v) is 3.77. The number of rotatable bonds is 3. The van der Waals surface area contributed by atoms with Crippen molar-refractivity contribution in [2.24, 2.45) is 0 Å². The second kappa shape index (κ2) is 8.04. The summed E-state index contributed by atoms with van der Waals surface area (Å²) in [4.78, 5) is 10.8. The van der Waals surface area contributed by atoms with Gasteiger partial charge in [0.25, 0.3) is 0 Å². The van der Waals surface area contributed by atoms with Crippen LogP contribution in [-0.2, 0) is 6.42 Å². The molecule has 4 heteroatoms. The van der Waals surface area contributed by atoms with Gasteiger partial charge in [0.15, 0.2) is 6.03 Å². The zero-order valence-electron chi connectivity index (χ0n) is 10.3. The van der Waals surface area contributed by atoms with Crippen molar-refractivity contribution in [2.45, 2.75) is 6.42 Å². The SMILES string of the molecule is [Cs+].[NH-]C(=O)Nc1ccccc1Cc1ccccc1. The van der Waals surface area contributed by atoms with E-state index in [9.17, 15) is 4.79 Å². The molecule has 0 atom stereocenters. The van der Waals surface area contributed by atoms with E-state index in [1.165, 1.54) is 5.56 Å². The van der Waals surface area contributed by atoms with E-state index in [2.05, 4.69) is 5.32 Å². The van der Waals surface area contributed by atoms with E-state index in [-0.39, 0.29) is 68.9 Å². The average molecular weight is 358 g/mol. The molecule has 0 fully saturated rings. The Kier molecular flexibility index (Phi) is 7.06. The van der Waals surface area contributed by atoms with Gasteiger partial charge >= 0.3 is 68.9 Å². The molecule has 2 aromatic carbocycles. The fourth-order valence-corrected chi connectivity index (χ4v) is 1.73. The fourth-order valence-electron chi connectivity index (χ4n) is 1.73. The Balaban J connectivity index is 0.00000162. The number of urea groups is 1. The normalized spacial score (nSPS) is 9.33. The van der Waals surface area contributed by atoms with Crippen molar-refractivity contribution in [3.05, 3.63) is 71.5 Å². The molecule has 0 aliphatic rings. The number of anilines is 1. The van der Waals surface area contributed by atoms with Gasteiger partial charge in [-0.1, -0.05) is 54.6 Å². The quantitative estimate of drug-likeness (QED) is 0.870. The van der Waals surface area contributed by atoms with Crippen LogP contribution < -0.4 is 74.2 Å². The minimum atomic E-state index is -0.787. The average Bonchev–Trinajstić information content (AvgIpc) is 2.32. The number of nitrogens with one attached hydrogen (secondary N) is 2. The van der Waals surface area contributed by atoms with Crippen LogP contribution in [-0.4, -0.2) is 6.03 Å². The first-order valence-corrected chi connectivity index (χ1v) is 5.40. The van der Waals surface area contributed by atoms with E-state index in [0.717, 1.165) is 12.0 Å². The molecule has 2 aromatic rings. The third-order valence-electron chi connectivity index (χ3n) is 2.50. The molecule has 18 heavy (non-hydrogen) atoms. The third-order valence-corrected chi connectivity index (χ3v) is 2.50. The Labute approximate surface area is 166 Å². The van der Waals surface area contributed by atoms with E-state index in [1.807, 2.05) is 54.6 Å². The summed E-state index contributed by atoms with van der Waals surface area (Å²) in [6.45, 7) is 0. The predicted molar refractivity (Wildman–Crippen MR) is 69.0 cm³/mol. The standard InChI is InChI=1S/C14H14N2O.Cs/c15-14(17)16-13-9-5-4-8-12(13)10-11-6-2-1-3-7-11;/h1-9H,10H2,(H3,15,16,17);/q;+1/p-1. The molecule has 2 rings (SSSR count). The Morgan fingerprint density at radius 2 is 1.61 bits per heavy atom. The Morgan fingerprint density at radius 1 is 1.00 bits per heavy atom. The molecule has 0 heterocycles. The van der Waals surface area contributed by atoms with Gasteiger partial charge in [-0.25, -0.2) is 0 Å². The van der Waals surface area contributed by atoms with Gasteiger partial charge in [0.2, 0.25) is 0 Å². The van der Waals surface area contributed by atoms with Crippen molar-refractivity contribution in [3.63, 3.8) is 0 Å². The minimum Gasteiger partial charge on any atom is -0.447 e.